The highest BCUT2D eigenvalue weighted by atomic mass is 19.1. The molecule has 1 aromatic rings. The molecule has 1 aromatic carbocycles. The molecular weight excluding hydrogens is 289 g/mol. The molecule has 0 spiro atoms. The van der Waals surface area contributed by atoms with Gasteiger partial charge in [-0.15, -0.1) is 0 Å². The van der Waals surface area contributed by atoms with Crippen molar-refractivity contribution in [3.8, 4) is 5.75 Å². The van der Waals surface area contributed by atoms with Crippen LogP contribution in [0.2, 0.25) is 0 Å². The Labute approximate surface area is 130 Å². The van der Waals surface area contributed by atoms with Crippen molar-refractivity contribution < 1.29 is 23.8 Å². The van der Waals surface area contributed by atoms with Crippen LogP contribution in [0.4, 0.5) is 9.18 Å². The molecule has 2 N–H and O–H groups in total. The quantitative estimate of drug-likeness (QED) is 0.759. The van der Waals surface area contributed by atoms with Crippen LogP contribution < -0.4 is 10.1 Å². The Hall–Kier alpha value is -1.82. The third kappa shape index (κ3) is 6.76. The first-order chi connectivity index (χ1) is 10.3. The smallest absolute Gasteiger partial charge is 0.407 e. The summed E-state index contributed by atoms with van der Waals surface area (Å²) in [6.45, 7) is 5.68. The van der Waals surface area contributed by atoms with E-state index < -0.39 is 17.5 Å². The van der Waals surface area contributed by atoms with Crippen LogP contribution in [0.1, 0.15) is 32.8 Å². The highest BCUT2D eigenvalue weighted by molar-refractivity contribution is 5.67. The van der Waals surface area contributed by atoms with Gasteiger partial charge in [0.25, 0.3) is 0 Å². The fourth-order valence-electron chi connectivity index (χ4n) is 1.84. The van der Waals surface area contributed by atoms with Crippen molar-refractivity contribution in [1.29, 1.82) is 0 Å². The Balaban J connectivity index is 2.45. The number of hydrogen-bond acceptors (Lipinski definition) is 4. The number of carbonyl (C=O) groups is 1. The van der Waals surface area contributed by atoms with E-state index in [4.69, 9.17) is 14.6 Å². The molecule has 1 amide bonds. The molecule has 124 valence electrons. The van der Waals surface area contributed by atoms with Gasteiger partial charge in [-0.1, -0.05) is 12.1 Å². The van der Waals surface area contributed by atoms with E-state index in [0.29, 0.717) is 24.9 Å². The van der Waals surface area contributed by atoms with Crippen LogP contribution in [0.15, 0.2) is 18.2 Å². The van der Waals surface area contributed by atoms with Gasteiger partial charge >= 0.3 is 6.09 Å². The van der Waals surface area contributed by atoms with Crippen LogP contribution in [0.25, 0.3) is 0 Å². The average Bonchev–Trinajstić information content (AvgIpc) is 2.41. The van der Waals surface area contributed by atoms with E-state index in [1.54, 1.807) is 32.9 Å². The van der Waals surface area contributed by atoms with Crippen LogP contribution in [-0.2, 0) is 11.2 Å². The number of aliphatic hydroxyl groups is 1. The normalized spacial score (nSPS) is 11.1. The predicted molar refractivity (Wildman–Crippen MR) is 81.5 cm³/mol. The van der Waals surface area contributed by atoms with Crippen molar-refractivity contribution in [2.75, 3.05) is 19.8 Å². The van der Waals surface area contributed by atoms with E-state index in [9.17, 15) is 9.18 Å². The van der Waals surface area contributed by atoms with Crippen LogP contribution in [0.3, 0.4) is 0 Å². The minimum absolute atomic E-state index is 0.0457. The first-order valence-corrected chi connectivity index (χ1v) is 7.31. The molecule has 0 heterocycles. The summed E-state index contributed by atoms with van der Waals surface area (Å²) < 4.78 is 24.0. The standard InChI is InChI=1S/C16H24FNO4/c1-16(2,3)22-15(20)18-9-5-7-12-6-4-8-13(17)14(12)21-11-10-19/h4,6,8,19H,5,7,9-11H2,1-3H3,(H,18,20). The maximum atomic E-state index is 13.7. The number of ether oxygens (including phenoxy) is 2. The molecule has 0 radical (unpaired) electrons. The van der Waals surface area contributed by atoms with Gasteiger partial charge in [-0.25, -0.2) is 9.18 Å². The first kappa shape index (κ1) is 18.2. The number of aryl methyl sites for hydroxylation is 1. The number of alkyl carbamates (subject to hydrolysis) is 1. The van der Waals surface area contributed by atoms with Gasteiger partial charge in [-0.3, -0.25) is 0 Å². The molecule has 0 aromatic heterocycles. The van der Waals surface area contributed by atoms with Gasteiger partial charge in [0.2, 0.25) is 0 Å². The number of carbonyl (C=O) groups excluding carboxylic acids is 1. The predicted octanol–water partition coefficient (Wildman–Crippen LogP) is 2.65. The fourth-order valence-corrected chi connectivity index (χ4v) is 1.84. The topological polar surface area (TPSA) is 67.8 Å². The highest BCUT2D eigenvalue weighted by Crippen LogP contribution is 2.23. The highest BCUT2D eigenvalue weighted by Gasteiger charge is 2.15. The summed E-state index contributed by atoms with van der Waals surface area (Å²) in [4.78, 5) is 11.5. The van der Waals surface area contributed by atoms with Crippen molar-refractivity contribution in [3.63, 3.8) is 0 Å². The molecule has 0 unspecified atom stereocenters. The van der Waals surface area contributed by atoms with Crippen LogP contribution >= 0.6 is 0 Å². The number of benzene rings is 1. The maximum absolute atomic E-state index is 13.7. The number of nitrogens with one attached hydrogen (secondary N) is 1. The third-order valence-corrected chi connectivity index (χ3v) is 2.68. The van der Waals surface area contributed by atoms with Crippen molar-refractivity contribution in [2.24, 2.45) is 0 Å². The van der Waals surface area contributed by atoms with Gasteiger partial charge in [0.15, 0.2) is 11.6 Å². The van der Waals surface area contributed by atoms with Crippen molar-refractivity contribution in [3.05, 3.63) is 29.6 Å². The van der Waals surface area contributed by atoms with E-state index in [-0.39, 0.29) is 19.0 Å². The summed E-state index contributed by atoms with van der Waals surface area (Å²) in [6.07, 6.45) is 0.704. The first-order valence-electron chi connectivity index (χ1n) is 7.31. The minimum atomic E-state index is -0.530. The largest absolute Gasteiger partial charge is 0.488 e. The second kappa shape index (κ2) is 8.58. The van der Waals surface area contributed by atoms with Gasteiger partial charge in [-0.05, 0) is 45.2 Å². The Morgan fingerprint density at radius 1 is 1.36 bits per heavy atom. The number of hydrogen-bond donors (Lipinski definition) is 2. The summed E-state index contributed by atoms with van der Waals surface area (Å²) in [6, 6.07) is 4.69. The lowest BCUT2D eigenvalue weighted by atomic mass is 10.1. The molecule has 0 aliphatic heterocycles. The zero-order chi connectivity index (χ0) is 16.6. The van der Waals surface area contributed by atoms with Gasteiger partial charge in [-0.2, -0.15) is 0 Å². The van der Waals surface area contributed by atoms with Gasteiger partial charge in [0.05, 0.1) is 6.61 Å². The number of amides is 1. The number of para-hydroxylation sites is 1. The van der Waals surface area contributed by atoms with Gasteiger partial charge in [0, 0.05) is 6.54 Å². The van der Waals surface area contributed by atoms with E-state index in [1.807, 2.05) is 0 Å². The summed E-state index contributed by atoms with van der Waals surface area (Å²) in [7, 11) is 0. The second-order valence-corrected chi connectivity index (χ2v) is 5.83. The average molecular weight is 313 g/mol. The van der Waals surface area contributed by atoms with Gasteiger partial charge < -0.3 is 19.9 Å². The van der Waals surface area contributed by atoms with E-state index >= 15 is 0 Å². The molecule has 0 aliphatic rings. The monoisotopic (exact) mass is 313 g/mol. The molecule has 0 saturated heterocycles. The van der Waals surface area contributed by atoms with Crippen LogP contribution in [0, 0.1) is 5.82 Å². The molecule has 0 saturated carbocycles. The van der Waals surface area contributed by atoms with Crippen molar-refractivity contribution in [1.82, 2.24) is 5.32 Å². The molecule has 0 bridgehead atoms. The second-order valence-electron chi connectivity index (χ2n) is 5.83. The lowest BCUT2D eigenvalue weighted by Gasteiger charge is -2.19. The Morgan fingerprint density at radius 2 is 2.09 bits per heavy atom. The lowest BCUT2D eigenvalue weighted by Crippen LogP contribution is -2.33. The van der Waals surface area contributed by atoms with Crippen LogP contribution in [0.5, 0.6) is 5.75 Å². The molecule has 6 heteroatoms. The van der Waals surface area contributed by atoms with Crippen LogP contribution in [-0.4, -0.2) is 36.6 Å². The van der Waals surface area contributed by atoms with E-state index in [1.165, 1.54) is 6.07 Å². The molecule has 0 aliphatic carbocycles. The SMILES string of the molecule is CC(C)(C)OC(=O)NCCCc1cccc(F)c1OCCO. The Morgan fingerprint density at radius 3 is 2.73 bits per heavy atom. The third-order valence-electron chi connectivity index (χ3n) is 2.68. The molecular formula is C16H24FNO4. The molecule has 0 fully saturated rings. The van der Waals surface area contributed by atoms with E-state index in [0.717, 1.165) is 0 Å². The Kier molecular flexibility index (Phi) is 7.11. The fraction of sp³-hybridized carbons (Fsp3) is 0.562. The summed E-state index contributed by atoms with van der Waals surface area (Å²) in [5.41, 5.74) is 0.178. The maximum Gasteiger partial charge on any atom is 0.407 e. The summed E-state index contributed by atoms with van der Waals surface area (Å²) in [5.74, 6) is -0.292. The van der Waals surface area contributed by atoms with Gasteiger partial charge in [0.1, 0.15) is 12.2 Å². The lowest BCUT2D eigenvalue weighted by molar-refractivity contribution is 0.0527. The molecule has 1 rings (SSSR count). The Bertz CT molecular complexity index is 486. The zero-order valence-electron chi connectivity index (χ0n) is 13.3. The van der Waals surface area contributed by atoms with Crippen molar-refractivity contribution in [2.45, 2.75) is 39.2 Å². The minimum Gasteiger partial charge on any atom is -0.488 e. The molecule has 0 atom stereocenters. The number of rotatable bonds is 7. The van der Waals surface area contributed by atoms with E-state index in [2.05, 4.69) is 5.32 Å². The number of halogens is 1. The summed E-state index contributed by atoms with van der Waals surface area (Å²) >= 11 is 0. The zero-order valence-corrected chi connectivity index (χ0v) is 13.3. The molecule has 22 heavy (non-hydrogen) atoms. The molecule has 5 nitrogen and oxygen atoms in total. The summed E-state index contributed by atoms with van der Waals surface area (Å²) in [5, 5.41) is 11.4. The number of aliphatic hydroxyl groups excluding tert-OH is 1. The van der Waals surface area contributed by atoms with Crippen molar-refractivity contribution >= 4 is 6.09 Å².